The fourth-order valence-electron chi connectivity index (χ4n) is 1.97. The first kappa shape index (κ1) is 21.6. The molecule has 0 aliphatic carbocycles. The van der Waals surface area contributed by atoms with E-state index in [-0.39, 0.29) is 0 Å². The van der Waals surface area contributed by atoms with E-state index in [1.807, 2.05) is 0 Å². The highest BCUT2D eigenvalue weighted by atomic mass is 16.5. The molecule has 0 aromatic carbocycles. The third kappa shape index (κ3) is 6.02. The molecule has 0 amide bonds. The van der Waals surface area contributed by atoms with E-state index in [1.165, 1.54) is 13.8 Å². The summed E-state index contributed by atoms with van der Waals surface area (Å²) < 4.78 is 9.86. The molecular weight excluding hydrogens is 320 g/mol. The van der Waals surface area contributed by atoms with Gasteiger partial charge in [-0.05, 0) is 41.5 Å². The van der Waals surface area contributed by atoms with Crippen LogP contribution in [-0.2, 0) is 28.7 Å². The van der Waals surface area contributed by atoms with Gasteiger partial charge in [-0.2, -0.15) is 0 Å². The minimum Gasteiger partial charge on any atom is -0.478 e. The molecule has 2 N–H and O–H groups in total. The number of carbonyl (C=O) groups is 4. The largest absolute Gasteiger partial charge is 0.478 e. The van der Waals surface area contributed by atoms with Crippen LogP contribution in [0.4, 0.5) is 0 Å². The molecule has 24 heavy (non-hydrogen) atoms. The van der Waals surface area contributed by atoms with Crippen LogP contribution in [0.25, 0.3) is 0 Å². The molecular formula is C16H24O8. The molecule has 0 aliphatic rings. The highest BCUT2D eigenvalue weighted by Crippen LogP contribution is 2.25. The van der Waals surface area contributed by atoms with Crippen molar-refractivity contribution in [2.75, 3.05) is 0 Å². The minimum atomic E-state index is -1.61. The fraction of sp³-hybridized carbons (Fsp3) is 0.625. The second-order valence-electron chi connectivity index (χ2n) is 5.85. The van der Waals surface area contributed by atoms with Gasteiger partial charge in [0, 0.05) is 0 Å². The molecule has 0 spiro atoms. The van der Waals surface area contributed by atoms with Crippen LogP contribution >= 0.6 is 0 Å². The van der Waals surface area contributed by atoms with Gasteiger partial charge in [0.05, 0.1) is 35.2 Å². The molecule has 0 rings (SSSR count). The summed E-state index contributed by atoms with van der Waals surface area (Å²) in [5.41, 5.74) is -1.39. The molecule has 0 radical (unpaired) electrons. The maximum absolute atomic E-state index is 12.0. The van der Waals surface area contributed by atoms with E-state index in [1.54, 1.807) is 27.7 Å². The highest BCUT2D eigenvalue weighted by molar-refractivity contribution is 6.05. The van der Waals surface area contributed by atoms with Crippen LogP contribution in [0.5, 0.6) is 0 Å². The van der Waals surface area contributed by atoms with Crippen molar-refractivity contribution in [2.24, 2.45) is 11.8 Å². The molecule has 0 saturated heterocycles. The van der Waals surface area contributed by atoms with Gasteiger partial charge in [-0.15, -0.1) is 0 Å². The second kappa shape index (κ2) is 9.05. The summed E-state index contributed by atoms with van der Waals surface area (Å²) in [5.74, 6) is -7.69. The van der Waals surface area contributed by atoms with Gasteiger partial charge in [0.2, 0.25) is 0 Å². The Balaban J connectivity index is 6.00. The van der Waals surface area contributed by atoms with Crippen molar-refractivity contribution in [3.05, 3.63) is 11.1 Å². The summed E-state index contributed by atoms with van der Waals surface area (Å²) in [6, 6.07) is 0. The molecule has 0 aromatic rings. The molecule has 8 heteroatoms. The van der Waals surface area contributed by atoms with Crippen LogP contribution in [0, 0.1) is 11.8 Å². The van der Waals surface area contributed by atoms with Crippen molar-refractivity contribution in [2.45, 2.75) is 53.8 Å². The topological polar surface area (TPSA) is 127 Å². The summed E-state index contributed by atoms with van der Waals surface area (Å²) in [6.45, 7) is 8.76. The maximum Gasteiger partial charge on any atom is 0.333 e. The summed E-state index contributed by atoms with van der Waals surface area (Å²) in [7, 11) is 0. The van der Waals surface area contributed by atoms with Gasteiger partial charge >= 0.3 is 23.9 Å². The van der Waals surface area contributed by atoms with Crippen molar-refractivity contribution >= 4 is 23.9 Å². The summed E-state index contributed by atoms with van der Waals surface area (Å²) in [5, 5.41) is 18.8. The maximum atomic E-state index is 12.0. The van der Waals surface area contributed by atoms with Gasteiger partial charge in [-0.3, -0.25) is 9.59 Å². The van der Waals surface area contributed by atoms with E-state index in [0.29, 0.717) is 0 Å². The smallest absolute Gasteiger partial charge is 0.333 e. The lowest BCUT2D eigenvalue weighted by Crippen LogP contribution is -2.31. The number of carbonyl (C=O) groups excluding carboxylic acids is 2. The average molecular weight is 344 g/mol. The van der Waals surface area contributed by atoms with Crippen molar-refractivity contribution in [1.82, 2.24) is 0 Å². The van der Waals surface area contributed by atoms with Gasteiger partial charge in [-0.1, -0.05) is 0 Å². The van der Waals surface area contributed by atoms with Crippen LogP contribution in [-0.4, -0.2) is 46.3 Å². The normalized spacial score (nSPS) is 14.7. The van der Waals surface area contributed by atoms with Crippen LogP contribution in [0.3, 0.4) is 0 Å². The molecule has 0 fully saturated rings. The van der Waals surface area contributed by atoms with E-state index < -0.39 is 59.1 Å². The summed E-state index contributed by atoms with van der Waals surface area (Å²) >= 11 is 0. The first-order valence-electron chi connectivity index (χ1n) is 7.51. The molecule has 2 unspecified atom stereocenters. The SMILES string of the molecule is CC(C)OC(=O)C(C)C(C(=O)O)=C(C(=O)O)C(C)C(=O)OC(C)C. The predicted molar refractivity (Wildman–Crippen MR) is 83.1 cm³/mol. The Kier molecular flexibility index (Phi) is 8.15. The third-order valence-corrected chi connectivity index (χ3v) is 3.03. The van der Waals surface area contributed by atoms with Crippen LogP contribution in [0.15, 0.2) is 11.1 Å². The van der Waals surface area contributed by atoms with Crippen molar-refractivity contribution in [3.63, 3.8) is 0 Å². The molecule has 8 nitrogen and oxygen atoms in total. The Bertz CT molecular complexity index is 496. The van der Waals surface area contributed by atoms with E-state index in [0.717, 1.165) is 0 Å². The van der Waals surface area contributed by atoms with E-state index in [9.17, 15) is 29.4 Å². The van der Waals surface area contributed by atoms with Gasteiger partial charge in [0.25, 0.3) is 0 Å². The lowest BCUT2D eigenvalue weighted by molar-refractivity contribution is -0.154. The lowest BCUT2D eigenvalue weighted by Gasteiger charge is -2.20. The van der Waals surface area contributed by atoms with Gasteiger partial charge < -0.3 is 19.7 Å². The van der Waals surface area contributed by atoms with Crippen molar-refractivity contribution in [1.29, 1.82) is 0 Å². The van der Waals surface area contributed by atoms with E-state index >= 15 is 0 Å². The zero-order valence-electron chi connectivity index (χ0n) is 14.7. The Morgan fingerprint density at radius 3 is 1.04 bits per heavy atom. The molecule has 0 heterocycles. The first-order valence-corrected chi connectivity index (χ1v) is 7.51. The molecule has 0 aromatic heterocycles. The predicted octanol–water partition coefficient (Wildman–Crippen LogP) is 1.63. The quantitative estimate of drug-likeness (QED) is 0.502. The monoisotopic (exact) mass is 344 g/mol. The number of hydrogen-bond acceptors (Lipinski definition) is 6. The molecule has 0 aliphatic heterocycles. The molecule has 2 atom stereocenters. The summed E-state index contributed by atoms with van der Waals surface area (Å²) in [6.07, 6.45) is -0.988. The minimum absolute atomic E-state index is 0.494. The van der Waals surface area contributed by atoms with E-state index in [4.69, 9.17) is 9.47 Å². The number of aliphatic carboxylic acids is 2. The Morgan fingerprint density at radius 2 is 0.875 bits per heavy atom. The first-order chi connectivity index (χ1) is 10.9. The Morgan fingerprint density at radius 1 is 0.625 bits per heavy atom. The number of carboxylic acids is 2. The van der Waals surface area contributed by atoms with Crippen LogP contribution in [0.1, 0.15) is 41.5 Å². The lowest BCUT2D eigenvalue weighted by atomic mass is 9.88. The number of rotatable bonds is 8. The molecule has 0 saturated carbocycles. The van der Waals surface area contributed by atoms with Crippen LogP contribution in [0.2, 0.25) is 0 Å². The number of ether oxygens (including phenoxy) is 2. The van der Waals surface area contributed by atoms with Gasteiger partial charge in [0.1, 0.15) is 0 Å². The second-order valence-corrected chi connectivity index (χ2v) is 5.85. The van der Waals surface area contributed by atoms with Crippen LogP contribution < -0.4 is 0 Å². The highest BCUT2D eigenvalue weighted by Gasteiger charge is 2.36. The summed E-state index contributed by atoms with van der Waals surface area (Å²) in [4.78, 5) is 47.0. The van der Waals surface area contributed by atoms with E-state index in [2.05, 4.69) is 0 Å². The Hall–Kier alpha value is -2.38. The zero-order valence-corrected chi connectivity index (χ0v) is 14.7. The number of hydrogen-bond donors (Lipinski definition) is 2. The molecule has 136 valence electrons. The number of carboxylic acid groups (broad SMARTS) is 2. The van der Waals surface area contributed by atoms with Gasteiger partial charge in [-0.25, -0.2) is 9.59 Å². The van der Waals surface area contributed by atoms with Gasteiger partial charge in [0.15, 0.2) is 0 Å². The zero-order chi connectivity index (χ0) is 19.2. The Labute approximate surface area is 140 Å². The number of esters is 2. The van der Waals surface area contributed by atoms with Crippen molar-refractivity contribution < 1.29 is 38.9 Å². The average Bonchev–Trinajstić information content (AvgIpc) is 2.40. The standard InChI is InChI=1S/C16H24O8/c1-7(2)23-15(21)9(5)11(13(17)18)12(14(19)20)10(6)16(22)24-8(3)4/h7-10H,1-6H3,(H,17,18)(H,19,20). The van der Waals surface area contributed by atoms with Crippen molar-refractivity contribution in [3.8, 4) is 0 Å². The molecule has 0 bridgehead atoms. The fourth-order valence-corrected chi connectivity index (χ4v) is 1.97. The third-order valence-electron chi connectivity index (χ3n) is 3.03.